The van der Waals surface area contributed by atoms with Gasteiger partial charge in [-0.15, -0.1) is 0 Å². The van der Waals surface area contributed by atoms with Crippen LogP contribution in [-0.4, -0.2) is 10.8 Å². The third kappa shape index (κ3) is 2.94. The number of anilines is 1. The van der Waals surface area contributed by atoms with Crippen LogP contribution in [0.5, 0.6) is 0 Å². The molecule has 1 amide bonds. The fourth-order valence-corrected chi connectivity index (χ4v) is 2.21. The topological polar surface area (TPSA) is 72.2 Å². The number of nitrogens with one attached hydrogen (secondary N) is 1. The van der Waals surface area contributed by atoms with Gasteiger partial charge in [0.25, 0.3) is 5.91 Å². The summed E-state index contributed by atoms with van der Waals surface area (Å²) in [7, 11) is 0. The van der Waals surface area contributed by atoms with Crippen molar-refractivity contribution in [3.63, 3.8) is 0 Å². The maximum absolute atomic E-state index is 12.9. The summed E-state index contributed by atoms with van der Waals surface area (Å²) < 4.78 is 12.9. The van der Waals surface area contributed by atoms with Crippen molar-refractivity contribution in [1.29, 1.82) is 0 Å². The molecule has 0 aliphatic rings. The smallest absolute Gasteiger partial charge is 0.321 e. The van der Waals surface area contributed by atoms with Crippen LogP contribution in [0.25, 0.3) is 0 Å². The highest BCUT2D eigenvalue weighted by Crippen LogP contribution is 2.25. The fourth-order valence-electron chi connectivity index (χ4n) is 1.50. The molecule has 2 aromatic rings. The molecule has 0 aliphatic heterocycles. The number of amides is 1. The van der Waals surface area contributed by atoms with Crippen molar-refractivity contribution in [3.8, 4) is 0 Å². The molecule has 1 heterocycles. The highest BCUT2D eigenvalue weighted by molar-refractivity contribution is 7.17. The number of thiophene rings is 1. The molecule has 0 radical (unpaired) electrons. The van der Waals surface area contributed by atoms with Gasteiger partial charge in [0.2, 0.25) is 0 Å². The van der Waals surface area contributed by atoms with E-state index in [1.54, 1.807) is 6.92 Å². The van der Waals surface area contributed by atoms with Gasteiger partial charge >= 0.3 is 5.00 Å². The number of carbonyl (C=O) groups is 1. The Morgan fingerprint density at radius 3 is 2.68 bits per heavy atom. The zero-order chi connectivity index (χ0) is 14.0. The number of carbonyl (C=O) groups excluding carboxylic acids is 1. The number of aryl methyl sites for hydroxylation is 1. The monoisotopic (exact) mass is 280 g/mol. The van der Waals surface area contributed by atoms with E-state index < -0.39 is 10.8 Å². The first kappa shape index (κ1) is 13.2. The molecule has 0 spiro atoms. The average Bonchev–Trinajstić information content (AvgIpc) is 2.82. The van der Waals surface area contributed by atoms with Crippen LogP contribution in [0.3, 0.4) is 0 Å². The molecule has 0 aliphatic carbocycles. The fraction of sp³-hybridized carbons (Fsp3) is 0.0833. The first-order valence-electron chi connectivity index (χ1n) is 5.29. The Morgan fingerprint density at radius 1 is 1.37 bits per heavy atom. The molecular weight excluding hydrogens is 271 g/mol. The van der Waals surface area contributed by atoms with E-state index in [4.69, 9.17) is 0 Å². The Hall–Kier alpha value is -2.28. The number of rotatable bonds is 3. The highest BCUT2D eigenvalue weighted by atomic mass is 32.1. The Morgan fingerprint density at radius 2 is 2.11 bits per heavy atom. The minimum atomic E-state index is -0.551. The summed E-state index contributed by atoms with van der Waals surface area (Å²) in [5.74, 6) is -0.838. The zero-order valence-corrected chi connectivity index (χ0v) is 10.7. The van der Waals surface area contributed by atoms with Crippen LogP contribution in [0.1, 0.15) is 15.2 Å². The van der Waals surface area contributed by atoms with Crippen molar-refractivity contribution in [2.24, 2.45) is 0 Å². The van der Waals surface area contributed by atoms with Gasteiger partial charge in [-0.3, -0.25) is 14.9 Å². The number of hydrogen-bond donors (Lipinski definition) is 1. The van der Waals surface area contributed by atoms with Gasteiger partial charge in [0, 0.05) is 11.8 Å². The van der Waals surface area contributed by atoms with Crippen molar-refractivity contribution in [1.82, 2.24) is 0 Å². The van der Waals surface area contributed by atoms with E-state index in [1.807, 2.05) is 0 Å². The van der Waals surface area contributed by atoms with Gasteiger partial charge in [0.05, 0.1) is 9.80 Å². The summed E-state index contributed by atoms with van der Waals surface area (Å²) in [6.07, 6.45) is 0. The third-order valence-corrected chi connectivity index (χ3v) is 3.47. The highest BCUT2D eigenvalue weighted by Gasteiger charge is 2.15. The van der Waals surface area contributed by atoms with E-state index >= 15 is 0 Å². The van der Waals surface area contributed by atoms with Crippen LogP contribution in [0.15, 0.2) is 30.3 Å². The third-order valence-electron chi connectivity index (χ3n) is 2.43. The molecule has 5 nitrogen and oxygen atoms in total. The summed E-state index contributed by atoms with van der Waals surface area (Å²) in [6, 6.07) is 6.64. The standard InChI is InChI=1S/C12H9FN2O3S/c1-7-6-8(13)2-3-9(7)14-12(16)10-4-5-11(19-10)15(17)18/h2-6H,1H3,(H,14,16). The lowest BCUT2D eigenvalue weighted by Crippen LogP contribution is -2.11. The summed E-state index contributed by atoms with van der Waals surface area (Å²) in [6.45, 7) is 1.66. The number of nitro groups is 1. The van der Waals surface area contributed by atoms with E-state index in [0.717, 1.165) is 11.3 Å². The van der Waals surface area contributed by atoms with Gasteiger partial charge in [0.15, 0.2) is 0 Å². The van der Waals surface area contributed by atoms with Crippen LogP contribution >= 0.6 is 11.3 Å². The van der Waals surface area contributed by atoms with Gasteiger partial charge in [-0.05, 0) is 36.8 Å². The van der Waals surface area contributed by atoms with Crippen LogP contribution in [0.2, 0.25) is 0 Å². The molecule has 7 heteroatoms. The molecule has 2 rings (SSSR count). The van der Waals surface area contributed by atoms with Crippen molar-refractivity contribution in [3.05, 3.63) is 56.7 Å². The van der Waals surface area contributed by atoms with Crippen LogP contribution in [0, 0.1) is 22.9 Å². The number of nitrogens with zero attached hydrogens (tertiary/aromatic N) is 1. The van der Waals surface area contributed by atoms with Crippen LogP contribution < -0.4 is 5.32 Å². The molecule has 0 saturated carbocycles. The van der Waals surface area contributed by atoms with Gasteiger partial charge < -0.3 is 5.32 Å². The quantitative estimate of drug-likeness (QED) is 0.692. The Bertz CT molecular complexity index is 654. The van der Waals surface area contributed by atoms with Gasteiger partial charge in [0.1, 0.15) is 5.82 Å². The lowest BCUT2D eigenvalue weighted by molar-refractivity contribution is -0.380. The molecule has 19 heavy (non-hydrogen) atoms. The molecule has 0 bridgehead atoms. The number of halogens is 1. The number of hydrogen-bond acceptors (Lipinski definition) is 4. The van der Waals surface area contributed by atoms with Crippen LogP contribution in [-0.2, 0) is 0 Å². The Balaban J connectivity index is 2.18. The van der Waals surface area contributed by atoms with E-state index in [9.17, 15) is 19.3 Å². The summed E-state index contributed by atoms with van der Waals surface area (Å²) >= 11 is 0.792. The van der Waals surface area contributed by atoms with E-state index in [1.165, 1.54) is 30.3 Å². The van der Waals surface area contributed by atoms with E-state index in [-0.39, 0.29) is 15.7 Å². The molecule has 0 atom stereocenters. The lowest BCUT2D eigenvalue weighted by Gasteiger charge is -2.06. The van der Waals surface area contributed by atoms with Gasteiger partial charge in [-0.2, -0.15) is 0 Å². The summed E-state index contributed by atoms with van der Waals surface area (Å²) in [4.78, 5) is 22.1. The average molecular weight is 280 g/mol. The second-order valence-corrected chi connectivity index (χ2v) is 4.87. The molecule has 1 aromatic heterocycles. The molecule has 98 valence electrons. The second kappa shape index (κ2) is 5.15. The summed E-state index contributed by atoms with van der Waals surface area (Å²) in [5.41, 5.74) is 1.06. The predicted molar refractivity (Wildman–Crippen MR) is 70.1 cm³/mol. The Kier molecular flexibility index (Phi) is 3.57. The maximum Gasteiger partial charge on any atom is 0.324 e. The van der Waals surface area contributed by atoms with E-state index in [0.29, 0.717) is 11.3 Å². The predicted octanol–water partition coefficient (Wildman–Crippen LogP) is 3.36. The number of benzene rings is 1. The van der Waals surface area contributed by atoms with Crippen molar-refractivity contribution in [2.45, 2.75) is 6.92 Å². The minimum Gasteiger partial charge on any atom is -0.321 e. The normalized spacial score (nSPS) is 10.2. The largest absolute Gasteiger partial charge is 0.324 e. The Labute approximate surface area is 111 Å². The van der Waals surface area contributed by atoms with Crippen molar-refractivity contribution in [2.75, 3.05) is 5.32 Å². The second-order valence-electron chi connectivity index (χ2n) is 3.81. The maximum atomic E-state index is 12.9. The van der Waals surface area contributed by atoms with Crippen LogP contribution in [0.4, 0.5) is 15.1 Å². The first-order valence-corrected chi connectivity index (χ1v) is 6.11. The molecular formula is C12H9FN2O3S. The van der Waals surface area contributed by atoms with Crippen molar-refractivity contribution >= 4 is 27.9 Å². The first-order chi connectivity index (χ1) is 8.97. The molecule has 0 unspecified atom stereocenters. The molecule has 0 saturated heterocycles. The van der Waals surface area contributed by atoms with Crippen molar-refractivity contribution < 1.29 is 14.1 Å². The molecule has 1 N–H and O–H groups in total. The van der Waals surface area contributed by atoms with E-state index in [2.05, 4.69) is 5.32 Å². The summed E-state index contributed by atoms with van der Waals surface area (Å²) in [5, 5.41) is 13.0. The molecule has 0 fully saturated rings. The lowest BCUT2D eigenvalue weighted by atomic mass is 10.2. The minimum absolute atomic E-state index is 0.0963. The zero-order valence-electron chi connectivity index (χ0n) is 9.84. The van der Waals surface area contributed by atoms with Gasteiger partial charge in [-0.1, -0.05) is 11.3 Å². The van der Waals surface area contributed by atoms with Gasteiger partial charge in [-0.25, -0.2) is 4.39 Å². The molecule has 1 aromatic carbocycles. The SMILES string of the molecule is Cc1cc(F)ccc1NC(=O)c1ccc([N+](=O)[O-])s1.